The zero-order chi connectivity index (χ0) is 16.4. The Balaban J connectivity index is 1.92. The number of aryl methyl sites for hydroxylation is 1. The molecule has 0 aliphatic carbocycles. The molecule has 1 aromatic rings. The number of nitrogens with one attached hydrogen (secondary N) is 1. The molecule has 2 unspecified atom stereocenters. The van der Waals surface area contributed by atoms with E-state index >= 15 is 0 Å². The number of phenols is 1. The Morgan fingerprint density at radius 3 is 2.96 bits per heavy atom. The van der Waals surface area contributed by atoms with Crippen molar-refractivity contribution in [3.63, 3.8) is 0 Å². The summed E-state index contributed by atoms with van der Waals surface area (Å²) in [6.45, 7) is 3.83. The third-order valence-corrected chi connectivity index (χ3v) is 5.11. The van der Waals surface area contributed by atoms with Crippen molar-refractivity contribution < 1.29 is 19.0 Å². The van der Waals surface area contributed by atoms with Crippen LogP contribution in [0.15, 0.2) is 12.1 Å². The van der Waals surface area contributed by atoms with Crippen LogP contribution in [0.1, 0.15) is 43.2 Å². The fraction of sp³-hybridized carbons (Fsp3) is 0.611. The average Bonchev–Trinajstić information content (AvgIpc) is 3.11. The highest BCUT2D eigenvalue weighted by molar-refractivity contribution is 5.87. The van der Waals surface area contributed by atoms with Gasteiger partial charge in [-0.2, -0.15) is 0 Å². The van der Waals surface area contributed by atoms with Crippen LogP contribution in [0.4, 0.5) is 4.39 Å². The minimum atomic E-state index is -0.617. The van der Waals surface area contributed by atoms with Gasteiger partial charge in [-0.25, -0.2) is 4.39 Å². The van der Waals surface area contributed by atoms with Gasteiger partial charge in [-0.15, -0.1) is 0 Å². The van der Waals surface area contributed by atoms with E-state index in [-0.39, 0.29) is 29.4 Å². The number of hydrogen-bond donors (Lipinski definition) is 2. The Morgan fingerprint density at radius 2 is 2.26 bits per heavy atom. The van der Waals surface area contributed by atoms with Crippen LogP contribution < -0.4 is 5.32 Å². The molecule has 0 aromatic heterocycles. The number of aromatic hydroxyl groups is 1. The van der Waals surface area contributed by atoms with Gasteiger partial charge in [0.2, 0.25) is 0 Å². The van der Waals surface area contributed by atoms with Gasteiger partial charge in [0.1, 0.15) is 0 Å². The first-order valence-corrected chi connectivity index (χ1v) is 8.48. The van der Waals surface area contributed by atoms with Gasteiger partial charge in [-0.3, -0.25) is 4.79 Å². The fourth-order valence-corrected chi connectivity index (χ4v) is 3.85. The normalized spacial score (nSPS) is 28.0. The second kappa shape index (κ2) is 6.97. The maximum Gasteiger partial charge on any atom is 0.165 e. The monoisotopic (exact) mass is 321 g/mol. The van der Waals surface area contributed by atoms with E-state index in [4.69, 9.17) is 4.74 Å². The van der Waals surface area contributed by atoms with E-state index in [1.807, 2.05) is 6.92 Å². The maximum atomic E-state index is 13.9. The zero-order valence-corrected chi connectivity index (χ0v) is 13.5. The Kier molecular flexibility index (Phi) is 4.97. The lowest BCUT2D eigenvalue weighted by molar-refractivity contribution is -0.129. The molecule has 4 nitrogen and oxygen atoms in total. The van der Waals surface area contributed by atoms with Crippen LogP contribution in [0.3, 0.4) is 0 Å². The molecule has 2 N–H and O–H groups in total. The lowest BCUT2D eigenvalue weighted by Crippen LogP contribution is -2.42. The standard InChI is InChI=1S/C18H24FNO3/c1-2-11-8-17(21)15(19)9-13(11)12-5-7-23-10-14(12)18(22)16-4-3-6-20-16/h8-9,12,14,16,20-21H,2-7,10H2,1H3/t12?,14?,16-/m0/s1. The van der Waals surface area contributed by atoms with Gasteiger partial charge in [0, 0.05) is 12.5 Å². The van der Waals surface area contributed by atoms with Gasteiger partial charge in [0.15, 0.2) is 17.3 Å². The quantitative estimate of drug-likeness (QED) is 0.895. The molecule has 2 fully saturated rings. The molecule has 5 heteroatoms. The molecular formula is C18H24FNO3. The van der Waals surface area contributed by atoms with Crippen LogP contribution in [0, 0.1) is 11.7 Å². The molecule has 1 aromatic carbocycles. The Bertz CT molecular complexity index is 584. The highest BCUT2D eigenvalue weighted by atomic mass is 19.1. The lowest BCUT2D eigenvalue weighted by Gasteiger charge is -2.33. The van der Waals surface area contributed by atoms with Crippen molar-refractivity contribution in [3.05, 3.63) is 29.1 Å². The van der Waals surface area contributed by atoms with Crippen LogP contribution in [0.2, 0.25) is 0 Å². The SMILES string of the molecule is CCc1cc(O)c(F)cc1C1CCOCC1C(=O)[C@@H]1CCCN1. The molecule has 3 rings (SSSR count). The van der Waals surface area contributed by atoms with E-state index in [0.717, 1.165) is 30.5 Å². The van der Waals surface area contributed by atoms with Crippen molar-refractivity contribution >= 4 is 5.78 Å². The minimum Gasteiger partial charge on any atom is -0.505 e. The van der Waals surface area contributed by atoms with Crippen LogP contribution in [-0.2, 0) is 16.0 Å². The first-order chi connectivity index (χ1) is 11.1. The van der Waals surface area contributed by atoms with E-state index in [1.165, 1.54) is 12.1 Å². The van der Waals surface area contributed by atoms with Gasteiger partial charge in [-0.1, -0.05) is 6.92 Å². The molecule has 3 atom stereocenters. The number of benzene rings is 1. The summed E-state index contributed by atoms with van der Waals surface area (Å²) in [4.78, 5) is 12.8. The summed E-state index contributed by atoms with van der Waals surface area (Å²) in [5.74, 6) is -1.04. The van der Waals surface area contributed by atoms with Gasteiger partial charge in [-0.05, 0) is 61.4 Å². The number of ether oxygens (including phenoxy) is 1. The highest BCUT2D eigenvalue weighted by Crippen LogP contribution is 2.38. The van der Waals surface area contributed by atoms with Crippen molar-refractivity contribution in [1.82, 2.24) is 5.32 Å². The van der Waals surface area contributed by atoms with E-state index in [9.17, 15) is 14.3 Å². The van der Waals surface area contributed by atoms with Crippen molar-refractivity contribution in [3.8, 4) is 5.75 Å². The molecule has 2 saturated heterocycles. The van der Waals surface area contributed by atoms with Crippen molar-refractivity contribution in [2.24, 2.45) is 5.92 Å². The maximum absolute atomic E-state index is 13.9. The Hall–Kier alpha value is -1.46. The predicted molar refractivity (Wildman–Crippen MR) is 85.1 cm³/mol. The summed E-state index contributed by atoms with van der Waals surface area (Å²) in [6, 6.07) is 2.80. The molecule has 0 bridgehead atoms. The predicted octanol–water partition coefficient (Wildman–Crippen LogP) is 2.53. The smallest absolute Gasteiger partial charge is 0.165 e. The van der Waals surface area contributed by atoms with Gasteiger partial charge in [0.05, 0.1) is 12.6 Å². The topological polar surface area (TPSA) is 58.6 Å². The van der Waals surface area contributed by atoms with Crippen molar-refractivity contribution in [2.45, 2.75) is 44.6 Å². The molecular weight excluding hydrogens is 297 g/mol. The molecule has 2 aliphatic heterocycles. The number of ketones is 1. The number of carbonyl (C=O) groups is 1. The van der Waals surface area contributed by atoms with Crippen molar-refractivity contribution in [2.75, 3.05) is 19.8 Å². The summed E-state index contributed by atoms with van der Waals surface area (Å²) >= 11 is 0. The molecule has 0 spiro atoms. The lowest BCUT2D eigenvalue weighted by atomic mass is 9.76. The molecule has 0 saturated carbocycles. The molecule has 23 heavy (non-hydrogen) atoms. The summed E-state index contributed by atoms with van der Waals surface area (Å²) in [7, 11) is 0. The van der Waals surface area contributed by atoms with Gasteiger partial charge >= 0.3 is 0 Å². The third kappa shape index (κ3) is 3.26. The molecule has 0 radical (unpaired) electrons. The number of halogens is 1. The summed E-state index contributed by atoms with van der Waals surface area (Å²) in [6.07, 6.45) is 3.29. The van der Waals surface area contributed by atoms with E-state index in [2.05, 4.69) is 5.32 Å². The number of carbonyl (C=O) groups excluding carboxylic acids is 1. The number of rotatable bonds is 4. The Morgan fingerprint density at radius 1 is 1.43 bits per heavy atom. The molecule has 2 heterocycles. The third-order valence-electron chi connectivity index (χ3n) is 5.11. The van der Waals surface area contributed by atoms with E-state index in [1.54, 1.807) is 0 Å². The largest absolute Gasteiger partial charge is 0.505 e. The van der Waals surface area contributed by atoms with Crippen LogP contribution in [0.25, 0.3) is 0 Å². The highest BCUT2D eigenvalue weighted by Gasteiger charge is 2.38. The second-order valence-corrected chi connectivity index (χ2v) is 6.48. The van der Waals surface area contributed by atoms with Crippen molar-refractivity contribution in [1.29, 1.82) is 0 Å². The number of phenolic OH excluding ortho intramolecular Hbond substituents is 1. The number of Topliss-reactive ketones (excluding diaryl/α,β-unsaturated/α-hetero) is 1. The summed E-state index contributed by atoms with van der Waals surface area (Å²) < 4.78 is 19.5. The van der Waals surface area contributed by atoms with Crippen LogP contribution >= 0.6 is 0 Å². The molecule has 126 valence electrons. The first kappa shape index (κ1) is 16.4. The number of hydrogen-bond acceptors (Lipinski definition) is 4. The molecule has 2 aliphatic rings. The average molecular weight is 321 g/mol. The Labute approximate surface area is 136 Å². The van der Waals surface area contributed by atoms with Crippen LogP contribution in [-0.4, -0.2) is 36.7 Å². The molecule has 0 amide bonds. The summed E-state index contributed by atoms with van der Waals surface area (Å²) in [5, 5.41) is 12.9. The van der Waals surface area contributed by atoms with Crippen LogP contribution in [0.5, 0.6) is 5.75 Å². The first-order valence-electron chi connectivity index (χ1n) is 8.48. The van der Waals surface area contributed by atoms with Gasteiger partial charge in [0.25, 0.3) is 0 Å². The summed E-state index contributed by atoms with van der Waals surface area (Å²) in [5.41, 5.74) is 1.76. The zero-order valence-electron chi connectivity index (χ0n) is 13.5. The van der Waals surface area contributed by atoms with E-state index in [0.29, 0.717) is 26.1 Å². The van der Waals surface area contributed by atoms with Gasteiger partial charge < -0.3 is 15.2 Å². The minimum absolute atomic E-state index is 0.0382. The van der Waals surface area contributed by atoms with E-state index < -0.39 is 5.82 Å². The second-order valence-electron chi connectivity index (χ2n) is 6.48. The fourth-order valence-electron chi connectivity index (χ4n) is 3.85.